The topological polar surface area (TPSA) is 228 Å². The van der Waals surface area contributed by atoms with Crippen molar-refractivity contribution in [1.29, 1.82) is 0 Å². The fourth-order valence-corrected chi connectivity index (χ4v) is 12.6. The van der Waals surface area contributed by atoms with Crippen LogP contribution in [0.2, 0.25) is 0 Å². The number of aromatic nitrogens is 1. The van der Waals surface area contributed by atoms with Crippen molar-refractivity contribution < 1.29 is 75.8 Å². The van der Waals surface area contributed by atoms with Gasteiger partial charge in [-0.2, -0.15) is 0 Å². The zero-order valence-corrected chi connectivity index (χ0v) is 52.6. The Labute approximate surface area is 492 Å². The largest absolute Gasteiger partial charge is 0.455 e. The Bertz CT molecular complexity index is 2160. The Hall–Kier alpha value is -2.77. The Balaban J connectivity index is 0.0000198. The quantitative estimate of drug-likeness (QED) is 0.0247. The van der Waals surface area contributed by atoms with Gasteiger partial charge in [-0.1, -0.05) is 113 Å². The second kappa shape index (κ2) is 38.0. The minimum Gasteiger partial charge on any atom is -0.455 e. The summed E-state index contributed by atoms with van der Waals surface area (Å²) in [5, 5.41) is 8.07. The number of nitrogens with zero attached hydrogens (tertiary/aromatic N) is 4. The number of rotatable bonds is 38. The number of nitrogens with two attached hydrogens (primary N) is 1. The smallest absolute Gasteiger partial charge is 0.303 e. The molecule has 0 aliphatic carbocycles. The number of esters is 1. The maximum atomic E-state index is 15.1. The number of carbonyl (C=O) groups excluding carboxylic acids is 8. The van der Waals surface area contributed by atoms with E-state index in [-0.39, 0.29) is 136 Å². The van der Waals surface area contributed by atoms with Crippen LogP contribution in [-0.2, 0) is 77.4 Å². The summed E-state index contributed by atoms with van der Waals surface area (Å²) in [6.45, 7) is 14.2. The van der Waals surface area contributed by atoms with Gasteiger partial charge in [-0.25, -0.2) is 4.98 Å². The van der Waals surface area contributed by atoms with Gasteiger partial charge in [0.2, 0.25) is 11.8 Å². The standard InChI is InChI=1S/C55H86N7O9PS3.Y/c1-9-11-25-57-52(68)33-62(55(70)43(37(5)10-2)30-50(67)46-22-15-16-26-61(46)8)47(36(3)4)31-51(71-39(7)63)54-60-45(35-73-54)53(69)59-41(29-40-19-13-12-14-20-40)28-38(6)48(65)24-18-27-74-75-34-44(56)49(66)23-17-21-42(64)32-58-72;/h12-14,19-20,35-38,41,43-44,46-47,51,72H,9-11,15-18,21-34,56H2,1-8H3,(H,57,68)(H,59,69);/t37?,38-,41+,43-,44+,46+,47+,51+;/m0./s1. The molecule has 4 N–H and O–H groups in total. The van der Waals surface area contributed by atoms with Crippen LogP contribution in [0.5, 0.6) is 0 Å². The van der Waals surface area contributed by atoms with Crippen LogP contribution < -0.4 is 16.4 Å². The predicted molar refractivity (Wildman–Crippen MR) is 304 cm³/mol. The van der Waals surface area contributed by atoms with E-state index >= 15 is 4.79 Å². The van der Waals surface area contributed by atoms with Gasteiger partial charge in [0, 0.05) is 119 Å². The molecule has 3 rings (SSSR count). The third-order valence-electron chi connectivity index (χ3n) is 14.0. The number of piperidine rings is 1. The molecule has 76 heavy (non-hydrogen) atoms. The van der Waals surface area contributed by atoms with Crippen molar-refractivity contribution in [2.75, 3.05) is 44.7 Å². The summed E-state index contributed by atoms with van der Waals surface area (Å²) >= 11 is 1.16. The van der Waals surface area contributed by atoms with E-state index in [1.165, 1.54) is 17.7 Å². The molecule has 21 heteroatoms. The third kappa shape index (κ3) is 25.1. The maximum Gasteiger partial charge on any atom is 0.303 e. The first kappa shape index (κ1) is 69.3. The molecule has 1 aromatic carbocycles. The number of Topliss-reactive ketones (excluding diaryl/α,β-unsaturated/α-hetero) is 4. The van der Waals surface area contributed by atoms with Gasteiger partial charge in [-0.15, -0.1) is 11.3 Å². The normalized spacial score (nSPS) is 16.4. The molecule has 1 fully saturated rings. The van der Waals surface area contributed by atoms with Crippen molar-refractivity contribution in [2.24, 2.45) is 34.2 Å². The van der Waals surface area contributed by atoms with E-state index < -0.39 is 42.0 Å². The van der Waals surface area contributed by atoms with E-state index in [2.05, 4.69) is 29.3 Å². The first-order valence-electron chi connectivity index (χ1n) is 27.0. The number of hydrogen-bond donors (Lipinski definition) is 3. The van der Waals surface area contributed by atoms with Crippen LogP contribution in [0.1, 0.15) is 166 Å². The van der Waals surface area contributed by atoms with E-state index in [1.54, 1.807) is 21.1 Å². The number of benzene rings is 1. The number of hydrogen-bond acceptors (Lipinski definition) is 16. The molecular formula is C55H86N7O9PS3Y. The summed E-state index contributed by atoms with van der Waals surface area (Å²) in [6, 6.07) is 7.77. The number of unbranched alkanes of at least 4 members (excludes halogenated alkanes) is 1. The Kier molecular flexibility index (Phi) is 34.7. The van der Waals surface area contributed by atoms with Gasteiger partial charge in [0.25, 0.3) is 5.91 Å². The molecule has 421 valence electrons. The van der Waals surface area contributed by atoms with Crippen LogP contribution in [0.25, 0.3) is 0 Å². The number of thiazole rings is 1. The van der Waals surface area contributed by atoms with Gasteiger partial charge in [0.05, 0.1) is 18.6 Å². The summed E-state index contributed by atoms with van der Waals surface area (Å²) in [6.07, 6.45) is 7.01. The summed E-state index contributed by atoms with van der Waals surface area (Å²) in [7, 11) is 7.94. The second-order valence-corrected chi connectivity index (χ2v) is 24.3. The summed E-state index contributed by atoms with van der Waals surface area (Å²) in [5.41, 5.74) is 7.19. The first-order valence-corrected chi connectivity index (χ1v) is 30.8. The molecule has 2 aromatic rings. The van der Waals surface area contributed by atoms with Crippen molar-refractivity contribution in [2.45, 2.75) is 175 Å². The average Bonchev–Trinajstić information content (AvgIpc) is 3.88. The molecule has 0 spiro atoms. The number of ether oxygens (including phenoxy) is 1. The molecule has 3 amide bonds. The molecule has 1 aliphatic rings. The summed E-state index contributed by atoms with van der Waals surface area (Å²) in [5.74, 6) is -1.94. The number of carbonyl (C=O) groups is 8. The van der Waals surface area contributed by atoms with E-state index in [1.807, 2.05) is 78.9 Å². The zero-order valence-electron chi connectivity index (χ0n) is 46.4. The Morgan fingerprint density at radius 1 is 0.961 bits per heavy atom. The van der Waals surface area contributed by atoms with Crippen LogP contribution in [0.15, 0.2) is 40.5 Å². The minimum absolute atomic E-state index is 0. The average molecular weight is 1210 g/mol. The van der Waals surface area contributed by atoms with Gasteiger partial charge >= 0.3 is 5.97 Å². The van der Waals surface area contributed by atoms with Crippen molar-refractivity contribution >= 4 is 88.8 Å². The SMILES string of the molecule is CCCCNC(=O)CN(C(=O)[C@@H](CC(=O)[C@H]1CCCCN1C)C(C)CC)[C@H](C[C@@H](OC(C)=O)c1nc(C(=O)N[C@@H](Cc2ccccc2)C[C@H](C)C(=O)CCCSSC[C@@H](N)C(=O)CCCC(=O)CN=P)cs1)C(C)C.[Y]. The minimum atomic E-state index is -0.970. The molecule has 1 unspecified atom stereocenters. The monoisotopic (exact) mass is 1200 g/mol. The number of likely N-dealkylation sites (N-methyl/N-ethyl adjacent to an activating group) is 1. The summed E-state index contributed by atoms with van der Waals surface area (Å²) in [4.78, 5) is 116. The molecular weight excluding hydrogens is 1120 g/mol. The number of nitrogens with one attached hydrogen (secondary N) is 2. The first-order chi connectivity index (χ1) is 35.8. The zero-order chi connectivity index (χ0) is 55.5. The van der Waals surface area contributed by atoms with Gasteiger partial charge in [0.1, 0.15) is 28.8 Å². The van der Waals surface area contributed by atoms with Crippen LogP contribution in [0.3, 0.4) is 0 Å². The maximum absolute atomic E-state index is 15.1. The van der Waals surface area contributed by atoms with E-state index in [4.69, 9.17) is 15.5 Å². The van der Waals surface area contributed by atoms with E-state index in [9.17, 15) is 33.6 Å². The van der Waals surface area contributed by atoms with Crippen molar-refractivity contribution in [3.05, 3.63) is 52.0 Å². The molecule has 8 atom stereocenters. The Morgan fingerprint density at radius 2 is 1.67 bits per heavy atom. The van der Waals surface area contributed by atoms with Gasteiger partial charge < -0.3 is 26.0 Å². The predicted octanol–water partition coefficient (Wildman–Crippen LogP) is 9.07. The molecule has 1 aromatic heterocycles. The van der Waals surface area contributed by atoms with Gasteiger partial charge in [0.15, 0.2) is 17.7 Å². The van der Waals surface area contributed by atoms with Gasteiger partial charge in [-0.3, -0.25) is 48.0 Å². The van der Waals surface area contributed by atoms with Crippen LogP contribution in [0, 0.1) is 23.7 Å². The number of amides is 3. The summed E-state index contributed by atoms with van der Waals surface area (Å²) < 4.78 is 9.59. The van der Waals surface area contributed by atoms with Crippen LogP contribution >= 0.6 is 42.0 Å². The van der Waals surface area contributed by atoms with Crippen molar-refractivity contribution in [1.82, 2.24) is 25.4 Å². The van der Waals surface area contributed by atoms with Gasteiger partial charge in [-0.05, 0) is 85.0 Å². The Morgan fingerprint density at radius 3 is 2.32 bits per heavy atom. The number of likely N-dealkylation sites (tertiary alicyclic amines) is 1. The van der Waals surface area contributed by atoms with Crippen LogP contribution in [-0.4, -0.2) is 131 Å². The van der Waals surface area contributed by atoms with Crippen molar-refractivity contribution in [3.63, 3.8) is 0 Å². The van der Waals surface area contributed by atoms with E-state index in [0.29, 0.717) is 61.6 Å². The fourth-order valence-electron chi connectivity index (χ4n) is 9.30. The molecule has 0 bridgehead atoms. The molecule has 0 saturated carbocycles. The second-order valence-electron chi connectivity index (χ2n) is 20.5. The molecule has 1 saturated heterocycles. The van der Waals surface area contributed by atoms with Crippen molar-refractivity contribution in [3.8, 4) is 0 Å². The number of ketones is 4. The van der Waals surface area contributed by atoms with Crippen LogP contribution in [0.4, 0.5) is 0 Å². The molecule has 16 nitrogen and oxygen atoms in total. The molecule has 2 heterocycles. The van der Waals surface area contributed by atoms with E-state index in [0.717, 1.165) is 55.5 Å². The fraction of sp³-hybridized carbons (Fsp3) is 0.691. The third-order valence-corrected chi connectivity index (χ3v) is 17.6. The molecule has 1 aliphatic heterocycles. The molecule has 1 radical (unpaired) electrons.